The first-order valence-corrected chi connectivity index (χ1v) is 9.31. The molecule has 0 unspecified atom stereocenters. The molecular formula is C13H16BrClN2O3S. The Kier molecular flexibility index (Phi) is 5.29. The number of primary sulfonamides is 1. The Bertz CT molecular complexity index is 660. The lowest BCUT2D eigenvalue weighted by Gasteiger charge is -2.09. The van der Waals surface area contributed by atoms with Crippen LogP contribution in [0.4, 0.5) is 0 Å². The molecule has 1 aliphatic carbocycles. The molecule has 1 aliphatic rings. The Balaban J connectivity index is 2.08. The average Bonchev–Trinajstić information content (AvgIpc) is 3.16. The van der Waals surface area contributed by atoms with Crippen molar-refractivity contribution in [1.82, 2.24) is 5.32 Å². The van der Waals surface area contributed by atoms with E-state index in [1.165, 1.54) is 25.0 Å². The molecule has 2 rings (SSSR count). The van der Waals surface area contributed by atoms with E-state index in [1.807, 2.05) is 0 Å². The van der Waals surface area contributed by atoms with Crippen molar-refractivity contribution in [1.29, 1.82) is 0 Å². The smallest absolute Gasteiger partial charge is 0.252 e. The van der Waals surface area contributed by atoms with Crippen molar-refractivity contribution in [2.24, 2.45) is 11.1 Å². The second-order valence-corrected chi connectivity index (χ2v) is 7.94. The third-order valence-corrected chi connectivity index (χ3v) is 5.53. The van der Waals surface area contributed by atoms with Crippen LogP contribution in [0.2, 0.25) is 5.02 Å². The summed E-state index contributed by atoms with van der Waals surface area (Å²) >= 11 is 9.07. The van der Waals surface area contributed by atoms with Gasteiger partial charge in [-0.3, -0.25) is 4.79 Å². The predicted molar refractivity (Wildman–Crippen MR) is 84.8 cm³/mol. The van der Waals surface area contributed by atoms with Crippen molar-refractivity contribution in [2.75, 3.05) is 6.54 Å². The summed E-state index contributed by atoms with van der Waals surface area (Å²) in [4.78, 5) is 11.9. The minimum Gasteiger partial charge on any atom is -0.352 e. The molecule has 0 bridgehead atoms. The predicted octanol–water partition coefficient (Wildman–Crippen LogP) is 2.67. The van der Waals surface area contributed by atoms with Gasteiger partial charge in [0.05, 0.1) is 15.5 Å². The van der Waals surface area contributed by atoms with Crippen LogP contribution < -0.4 is 10.5 Å². The molecule has 0 spiro atoms. The SMILES string of the molecule is NS(=O)(=O)c1cc(C(=O)NCCCC2CC2)c(Cl)cc1Br. The first-order valence-electron chi connectivity index (χ1n) is 6.59. The van der Waals surface area contributed by atoms with Crippen molar-refractivity contribution in [2.45, 2.75) is 30.6 Å². The molecule has 0 saturated heterocycles. The van der Waals surface area contributed by atoms with Gasteiger partial charge in [-0.1, -0.05) is 24.4 Å². The lowest BCUT2D eigenvalue weighted by Crippen LogP contribution is -2.25. The number of hydrogen-bond acceptors (Lipinski definition) is 3. The fourth-order valence-corrected chi connectivity index (χ4v) is 4.03. The maximum absolute atomic E-state index is 12.1. The normalized spacial score (nSPS) is 15.0. The monoisotopic (exact) mass is 394 g/mol. The molecule has 1 saturated carbocycles. The van der Waals surface area contributed by atoms with Gasteiger partial charge >= 0.3 is 0 Å². The number of amides is 1. The first kappa shape index (κ1) is 16.7. The lowest BCUT2D eigenvalue weighted by molar-refractivity contribution is 0.0952. The molecule has 5 nitrogen and oxygen atoms in total. The lowest BCUT2D eigenvalue weighted by atomic mass is 10.2. The van der Waals surface area contributed by atoms with Gasteiger partial charge in [-0.05, 0) is 46.8 Å². The zero-order chi connectivity index (χ0) is 15.6. The number of sulfonamides is 1. The van der Waals surface area contributed by atoms with Crippen LogP contribution in [0.15, 0.2) is 21.5 Å². The number of carbonyl (C=O) groups excluding carboxylic acids is 1. The summed E-state index contributed by atoms with van der Waals surface area (Å²) in [6.45, 7) is 0.548. The van der Waals surface area contributed by atoms with E-state index in [1.54, 1.807) is 0 Å². The molecule has 116 valence electrons. The maximum Gasteiger partial charge on any atom is 0.252 e. The van der Waals surface area contributed by atoms with Crippen LogP contribution in [0.25, 0.3) is 0 Å². The largest absolute Gasteiger partial charge is 0.352 e. The topological polar surface area (TPSA) is 89.3 Å². The van der Waals surface area contributed by atoms with Crippen LogP contribution in [0.5, 0.6) is 0 Å². The van der Waals surface area contributed by atoms with Gasteiger partial charge in [-0.25, -0.2) is 13.6 Å². The number of rotatable bonds is 6. The van der Waals surface area contributed by atoms with Gasteiger partial charge in [0.1, 0.15) is 0 Å². The molecule has 0 atom stereocenters. The van der Waals surface area contributed by atoms with Crippen molar-refractivity contribution < 1.29 is 13.2 Å². The molecule has 3 N–H and O–H groups in total. The highest BCUT2D eigenvalue weighted by Crippen LogP contribution is 2.33. The van der Waals surface area contributed by atoms with Crippen molar-refractivity contribution >= 4 is 43.5 Å². The van der Waals surface area contributed by atoms with Crippen LogP contribution >= 0.6 is 27.5 Å². The number of nitrogens with two attached hydrogens (primary N) is 1. The number of benzene rings is 1. The van der Waals surface area contributed by atoms with E-state index < -0.39 is 15.9 Å². The van der Waals surface area contributed by atoms with Crippen LogP contribution in [0, 0.1) is 5.92 Å². The van der Waals surface area contributed by atoms with Gasteiger partial charge in [0.15, 0.2) is 0 Å². The minimum atomic E-state index is -3.92. The molecule has 0 heterocycles. The Morgan fingerprint density at radius 2 is 2.10 bits per heavy atom. The Hall–Kier alpha value is -0.630. The molecule has 1 aromatic carbocycles. The van der Waals surface area contributed by atoms with Crippen molar-refractivity contribution in [3.8, 4) is 0 Å². The zero-order valence-electron chi connectivity index (χ0n) is 11.2. The zero-order valence-corrected chi connectivity index (χ0v) is 14.4. The van der Waals surface area contributed by atoms with Crippen molar-refractivity contribution in [3.63, 3.8) is 0 Å². The molecule has 0 aromatic heterocycles. The van der Waals surface area contributed by atoms with E-state index in [0.29, 0.717) is 6.54 Å². The van der Waals surface area contributed by atoms with Gasteiger partial charge < -0.3 is 5.32 Å². The van der Waals surface area contributed by atoms with Gasteiger partial charge in [0.2, 0.25) is 10.0 Å². The highest BCUT2D eigenvalue weighted by Gasteiger charge is 2.21. The quantitative estimate of drug-likeness (QED) is 0.726. The third-order valence-electron chi connectivity index (χ3n) is 3.34. The van der Waals surface area contributed by atoms with E-state index in [4.69, 9.17) is 16.7 Å². The summed E-state index contributed by atoms with van der Waals surface area (Å²) in [6.07, 6.45) is 4.58. The molecule has 1 amide bonds. The maximum atomic E-state index is 12.1. The van der Waals surface area contributed by atoms with Gasteiger partial charge in [-0.2, -0.15) is 0 Å². The number of halogens is 2. The minimum absolute atomic E-state index is 0.107. The second-order valence-electron chi connectivity index (χ2n) is 5.15. The summed E-state index contributed by atoms with van der Waals surface area (Å²) in [7, 11) is -3.92. The van der Waals surface area contributed by atoms with Gasteiger partial charge in [-0.15, -0.1) is 0 Å². The molecule has 8 heteroatoms. The fraction of sp³-hybridized carbons (Fsp3) is 0.462. The van der Waals surface area contributed by atoms with Crippen molar-refractivity contribution in [3.05, 3.63) is 27.2 Å². The Labute approximate surface area is 137 Å². The highest BCUT2D eigenvalue weighted by atomic mass is 79.9. The number of nitrogens with one attached hydrogen (secondary N) is 1. The summed E-state index contributed by atoms with van der Waals surface area (Å²) in [5.41, 5.74) is 0.107. The van der Waals surface area contributed by atoms with Crippen LogP contribution in [-0.4, -0.2) is 20.9 Å². The second kappa shape index (κ2) is 6.64. The summed E-state index contributed by atoms with van der Waals surface area (Å²) in [6, 6.07) is 2.55. The molecule has 1 aromatic rings. The van der Waals surface area contributed by atoms with Gasteiger partial charge in [0.25, 0.3) is 5.91 Å². The molecule has 1 fully saturated rings. The Morgan fingerprint density at radius 3 is 2.67 bits per heavy atom. The van der Waals surface area contributed by atoms with Crippen LogP contribution in [-0.2, 0) is 10.0 Å². The fourth-order valence-electron chi connectivity index (χ4n) is 2.02. The Morgan fingerprint density at radius 1 is 1.43 bits per heavy atom. The van der Waals surface area contributed by atoms with E-state index in [2.05, 4.69) is 21.2 Å². The first-order chi connectivity index (χ1) is 9.79. The standard InChI is InChI=1S/C13H16BrClN2O3S/c14-10-7-11(15)9(6-12(10)21(16,19)20)13(18)17-5-1-2-8-3-4-8/h6-8H,1-5H2,(H,17,18)(H2,16,19,20). The summed E-state index contributed by atoms with van der Waals surface area (Å²) in [5.74, 6) is 0.417. The van der Waals surface area contributed by atoms with E-state index in [9.17, 15) is 13.2 Å². The van der Waals surface area contributed by atoms with E-state index >= 15 is 0 Å². The molecule has 0 aliphatic heterocycles. The third kappa shape index (κ3) is 4.67. The molecule has 21 heavy (non-hydrogen) atoms. The van der Waals surface area contributed by atoms with E-state index in [0.717, 1.165) is 18.8 Å². The van der Waals surface area contributed by atoms with Gasteiger partial charge in [0, 0.05) is 11.0 Å². The summed E-state index contributed by atoms with van der Waals surface area (Å²) < 4.78 is 23.1. The number of carbonyl (C=O) groups is 1. The molecular weight excluding hydrogens is 380 g/mol. The molecule has 0 radical (unpaired) electrons. The highest BCUT2D eigenvalue weighted by molar-refractivity contribution is 9.10. The summed E-state index contributed by atoms with van der Waals surface area (Å²) in [5, 5.41) is 8.03. The average molecular weight is 396 g/mol. The van der Waals surface area contributed by atoms with Crippen LogP contribution in [0.1, 0.15) is 36.0 Å². The van der Waals surface area contributed by atoms with E-state index in [-0.39, 0.29) is 20.0 Å². The van der Waals surface area contributed by atoms with Crippen LogP contribution in [0.3, 0.4) is 0 Å². The number of hydrogen-bond donors (Lipinski definition) is 2.